The van der Waals surface area contributed by atoms with Gasteiger partial charge >= 0.3 is 0 Å². The number of hydrazone groups is 1. The standard InChI is InChI=1S/C23H19ClF2N8O/c24-17-3-1-13(19(33-27)10-28-16-6-23(25,26)7-16)5-18(17)32-22(35)20-11-29-21-4-2-14(12-34(20)21)15-8-30-31-9-15/h1-5,8-12,16H,6-7,27H2,(H,30,31)(H,32,35)/b28-10?,33-19+. The van der Waals surface area contributed by atoms with Crippen molar-refractivity contribution in [1.82, 2.24) is 19.6 Å². The minimum absolute atomic E-state index is 0.270. The number of halogens is 3. The molecular formula is C23H19ClF2N8O. The average molecular weight is 497 g/mol. The number of hydrogen-bond donors (Lipinski definition) is 3. The molecule has 9 nitrogen and oxygen atoms in total. The number of carbonyl (C=O) groups excluding carboxylic acids is 1. The molecule has 1 aliphatic carbocycles. The van der Waals surface area contributed by atoms with Crippen LogP contribution in [0.2, 0.25) is 5.02 Å². The Kier molecular flexibility index (Phi) is 5.77. The summed E-state index contributed by atoms with van der Waals surface area (Å²) in [7, 11) is 0. The number of nitrogens with two attached hydrogens (primary N) is 1. The van der Waals surface area contributed by atoms with Crippen molar-refractivity contribution in [3.8, 4) is 11.1 Å². The molecule has 35 heavy (non-hydrogen) atoms. The van der Waals surface area contributed by atoms with E-state index in [1.807, 2.05) is 6.07 Å². The summed E-state index contributed by atoms with van der Waals surface area (Å²) in [5, 5.41) is 13.5. The highest BCUT2D eigenvalue weighted by Gasteiger charge is 2.45. The van der Waals surface area contributed by atoms with Crippen LogP contribution in [0.4, 0.5) is 14.5 Å². The zero-order valence-electron chi connectivity index (χ0n) is 18.1. The van der Waals surface area contributed by atoms with Gasteiger partial charge in [0.05, 0.1) is 29.1 Å². The second kappa shape index (κ2) is 8.91. The summed E-state index contributed by atoms with van der Waals surface area (Å²) in [5.41, 5.74) is 3.72. The number of pyridine rings is 1. The van der Waals surface area contributed by atoms with Gasteiger partial charge in [-0.2, -0.15) is 10.2 Å². The van der Waals surface area contributed by atoms with E-state index < -0.39 is 17.9 Å². The molecule has 4 N–H and O–H groups in total. The fraction of sp³-hybridized carbons (Fsp3) is 0.174. The molecule has 12 heteroatoms. The van der Waals surface area contributed by atoms with Gasteiger partial charge in [-0.05, 0) is 24.3 Å². The van der Waals surface area contributed by atoms with E-state index in [-0.39, 0.29) is 18.6 Å². The van der Waals surface area contributed by atoms with Crippen molar-refractivity contribution < 1.29 is 13.6 Å². The minimum atomic E-state index is -2.67. The molecule has 0 aliphatic heterocycles. The molecule has 178 valence electrons. The summed E-state index contributed by atoms with van der Waals surface area (Å²) in [4.78, 5) is 21.5. The molecule has 1 saturated carbocycles. The van der Waals surface area contributed by atoms with Crippen molar-refractivity contribution in [2.75, 3.05) is 5.32 Å². The van der Waals surface area contributed by atoms with Crippen LogP contribution >= 0.6 is 11.6 Å². The van der Waals surface area contributed by atoms with Crippen LogP contribution in [-0.2, 0) is 0 Å². The number of amides is 1. The maximum absolute atomic E-state index is 13.1. The average Bonchev–Trinajstić information content (AvgIpc) is 3.49. The number of hydrogen-bond acceptors (Lipinski definition) is 6. The third kappa shape index (κ3) is 4.62. The van der Waals surface area contributed by atoms with Crippen molar-refractivity contribution in [3.63, 3.8) is 0 Å². The summed E-state index contributed by atoms with van der Waals surface area (Å²) in [6.07, 6.45) is 7.45. The third-order valence-corrected chi connectivity index (χ3v) is 6.02. The number of aromatic nitrogens is 4. The Morgan fingerprint density at radius 3 is 2.80 bits per heavy atom. The summed E-state index contributed by atoms with van der Waals surface area (Å²) in [6, 6.07) is 8.03. The van der Waals surface area contributed by atoms with Crippen LogP contribution in [0.3, 0.4) is 0 Å². The summed E-state index contributed by atoms with van der Waals surface area (Å²) >= 11 is 6.32. The van der Waals surface area contributed by atoms with Gasteiger partial charge in [0.15, 0.2) is 0 Å². The van der Waals surface area contributed by atoms with E-state index in [0.717, 1.165) is 11.1 Å². The molecule has 3 aromatic heterocycles. The molecule has 3 heterocycles. The molecule has 0 unspecified atom stereocenters. The Hall–Kier alpha value is -4.12. The van der Waals surface area contributed by atoms with Crippen LogP contribution < -0.4 is 11.2 Å². The van der Waals surface area contributed by atoms with Crippen molar-refractivity contribution in [1.29, 1.82) is 0 Å². The van der Waals surface area contributed by atoms with Gasteiger partial charge in [0, 0.05) is 48.1 Å². The molecule has 0 spiro atoms. The number of alkyl halides is 2. The smallest absolute Gasteiger partial charge is 0.274 e. The van der Waals surface area contributed by atoms with Gasteiger partial charge < -0.3 is 11.2 Å². The zero-order chi connectivity index (χ0) is 24.6. The number of carbonyl (C=O) groups is 1. The lowest BCUT2D eigenvalue weighted by molar-refractivity contribution is -0.0832. The number of H-pyrrole nitrogens is 1. The van der Waals surface area contributed by atoms with Crippen molar-refractivity contribution in [3.05, 3.63) is 71.4 Å². The number of nitrogens with zero attached hydrogens (tertiary/aromatic N) is 5. The van der Waals surface area contributed by atoms with Gasteiger partial charge in [0.25, 0.3) is 11.8 Å². The van der Waals surface area contributed by atoms with Gasteiger partial charge in [-0.25, -0.2) is 13.8 Å². The van der Waals surface area contributed by atoms with Gasteiger partial charge in [0.2, 0.25) is 0 Å². The van der Waals surface area contributed by atoms with Gasteiger partial charge in [-0.3, -0.25) is 19.3 Å². The monoisotopic (exact) mass is 496 g/mol. The highest BCUT2D eigenvalue weighted by atomic mass is 35.5. The number of imidazole rings is 1. The van der Waals surface area contributed by atoms with Crippen molar-refractivity contribution in [2.24, 2.45) is 15.9 Å². The fourth-order valence-electron chi connectivity index (χ4n) is 3.79. The molecule has 0 saturated heterocycles. The van der Waals surface area contributed by atoms with Crippen LogP contribution in [0.5, 0.6) is 0 Å². The summed E-state index contributed by atoms with van der Waals surface area (Å²) in [6.45, 7) is 0. The van der Waals surface area contributed by atoms with Crippen LogP contribution in [0, 0.1) is 0 Å². The fourth-order valence-corrected chi connectivity index (χ4v) is 3.95. The predicted molar refractivity (Wildman–Crippen MR) is 129 cm³/mol. The Morgan fingerprint density at radius 2 is 2.09 bits per heavy atom. The number of anilines is 1. The zero-order valence-corrected chi connectivity index (χ0v) is 18.9. The number of aromatic amines is 1. The quantitative estimate of drug-likeness (QED) is 0.210. The molecule has 0 radical (unpaired) electrons. The van der Waals surface area contributed by atoms with Crippen LogP contribution in [-0.4, -0.2) is 49.4 Å². The third-order valence-electron chi connectivity index (χ3n) is 5.70. The Balaban J connectivity index is 1.38. The molecule has 1 fully saturated rings. The maximum Gasteiger partial charge on any atom is 0.274 e. The minimum Gasteiger partial charge on any atom is -0.323 e. The first-order chi connectivity index (χ1) is 16.8. The van der Waals surface area contributed by atoms with Gasteiger partial charge in [-0.15, -0.1) is 0 Å². The molecule has 0 bridgehead atoms. The molecule has 1 aromatic carbocycles. The second-order valence-electron chi connectivity index (χ2n) is 8.14. The lowest BCUT2D eigenvalue weighted by Crippen LogP contribution is -2.38. The first kappa shape index (κ1) is 22.7. The van der Waals surface area contributed by atoms with E-state index in [9.17, 15) is 13.6 Å². The number of aliphatic imine (C=N–C) groups is 1. The normalized spacial score (nSPS) is 16.0. The summed E-state index contributed by atoms with van der Waals surface area (Å²) in [5.74, 6) is 2.39. The lowest BCUT2D eigenvalue weighted by atomic mass is 9.89. The van der Waals surface area contributed by atoms with Gasteiger partial charge in [-0.1, -0.05) is 17.7 Å². The number of rotatable bonds is 6. The predicted octanol–water partition coefficient (Wildman–Crippen LogP) is 4.16. The first-order valence-corrected chi connectivity index (χ1v) is 11.0. The lowest BCUT2D eigenvalue weighted by Gasteiger charge is -2.31. The molecule has 5 rings (SSSR count). The Labute approximate surface area is 202 Å². The van der Waals surface area contributed by atoms with E-state index in [2.05, 4.69) is 30.6 Å². The SMILES string of the molecule is N/N=C(\C=NC1CC(F)(F)C1)c1ccc(Cl)c(NC(=O)c2cnc3ccc(-c4cn[nH]c4)cn23)c1. The van der Waals surface area contributed by atoms with E-state index in [1.165, 1.54) is 12.4 Å². The largest absolute Gasteiger partial charge is 0.323 e. The van der Waals surface area contributed by atoms with Crippen LogP contribution in [0.1, 0.15) is 28.9 Å². The van der Waals surface area contributed by atoms with Gasteiger partial charge in [0.1, 0.15) is 17.1 Å². The van der Waals surface area contributed by atoms with E-state index in [4.69, 9.17) is 17.4 Å². The van der Waals surface area contributed by atoms with Crippen LogP contribution in [0.15, 0.2) is 65.2 Å². The van der Waals surface area contributed by atoms with E-state index in [0.29, 0.717) is 27.6 Å². The summed E-state index contributed by atoms with van der Waals surface area (Å²) < 4.78 is 27.8. The van der Waals surface area contributed by atoms with E-state index >= 15 is 0 Å². The van der Waals surface area contributed by atoms with Crippen molar-refractivity contribution in [2.45, 2.75) is 24.8 Å². The highest BCUT2D eigenvalue weighted by molar-refractivity contribution is 6.39. The maximum atomic E-state index is 13.1. The molecule has 1 aliphatic rings. The molecule has 0 atom stereocenters. The van der Waals surface area contributed by atoms with E-state index in [1.54, 1.807) is 47.3 Å². The Bertz CT molecular complexity index is 1450. The number of benzene rings is 1. The Morgan fingerprint density at radius 1 is 1.26 bits per heavy atom. The molecule has 1 amide bonds. The van der Waals surface area contributed by atoms with Crippen molar-refractivity contribution >= 4 is 40.8 Å². The highest BCUT2D eigenvalue weighted by Crippen LogP contribution is 2.39. The number of fused-ring (bicyclic) bond motifs is 1. The second-order valence-corrected chi connectivity index (χ2v) is 8.54. The topological polar surface area (TPSA) is 126 Å². The number of nitrogens with one attached hydrogen (secondary N) is 2. The molecule has 4 aromatic rings. The van der Waals surface area contributed by atoms with Crippen LogP contribution in [0.25, 0.3) is 16.8 Å². The molecular weight excluding hydrogens is 478 g/mol. The first-order valence-electron chi connectivity index (χ1n) is 10.6.